The smallest absolute Gasteiger partial charge is 0.303 e. The minimum atomic E-state index is -1.29. The molecule has 0 spiro atoms. The summed E-state index contributed by atoms with van der Waals surface area (Å²) in [5.74, 6) is -0.733. The van der Waals surface area contributed by atoms with Crippen molar-refractivity contribution in [3.63, 3.8) is 0 Å². The van der Waals surface area contributed by atoms with Crippen LogP contribution in [0.1, 0.15) is 57.4 Å². The van der Waals surface area contributed by atoms with Gasteiger partial charge < -0.3 is 30.5 Å². The number of carboxylic acids is 1. The number of aliphatic hydroxyl groups is 1. The van der Waals surface area contributed by atoms with Crippen molar-refractivity contribution in [2.45, 2.75) is 64.3 Å². The maximum atomic E-state index is 14.4. The molecule has 1 aliphatic heterocycles. The van der Waals surface area contributed by atoms with Crippen LogP contribution in [0, 0.1) is 17.7 Å². The van der Waals surface area contributed by atoms with Crippen molar-refractivity contribution in [3.05, 3.63) is 52.8 Å². The summed E-state index contributed by atoms with van der Waals surface area (Å²) >= 11 is 5.87. The van der Waals surface area contributed by atoms with E-state index in [0.717, 1.165) is 43.5 Å². The molecule has 2 aromatic carbocycles. The lowest BCUT2D eigenvalue weighted by molar-refractivity contribution is -0.137. The van der Waals surface area contributed by atoms with Gasteiger partial charge in [-0.05, 0) is 79.3 Å². The molecule has 9 heteroatoms. The summed E-state index contributed by atoms with van der Waals surface area (Å²) < 4.78 is 20.0. The maximum absolute atomic E-state index is 14.4. The molecule has 37 heavy (non-hydrogen) atoms. The quantitative estimate of drug-likeness (QED) is 0.253. The van der Waals surface area contributed by atoms with Crippen LogP contribution in [-0.2, 0) is 9.53 Å². The molecule has 0 radical (unpaired) electrons. The average Bonchev–Trinajstić information content (AvgIpc) is 3.69. The van der Waals surface area contributed by atoms with E-state index in [4.69, 9.17) is 16.3 Å². The van der Waals surface area contributed by atoms with E-state index < -0.39 is 18.1 Å². The van der Waals surface area contributed by atoms with Crippen molar-refractivity contribution in [3.8, 4) is 0 Å². The van der Waals surface area contributed by atoms with Gasteiger partial charge in [0.25, 0.3) is 0 Å². The van der Waals surface area contributed by atoms with Crippen molar-refractivity contribution in [1.82, 2.24) is 0 Å². The average molecular weight is 534 g/mol. The fourth-order valence-electron chi connectivity index (χ4n) is 5.17. The SMILES string of the molecule is CC(C)CN(c1ccc(C(CC(=O)O)C2CC2)cc1NC(O)Nc1ccc(Cl)cc1F)C1CCOCC1. The number of nitrogens with one attached hydrogen (secondary N) is 2. The standard InChI is InChI=1S/C28H37ClFN3O4/c1-17(2)16-33(21-9-11-37-12-10-21)26-8-5-19(22(15-27(34)35)18-3-4-18)13-25(26)32-28(36)31-24-7-6-20(29)14-23(24)30/h5-8,13-14,17-18,21-22,28,31-32,36H,3-4,9-12,15-16H2,1-2H3,(H,34,35). The molecule has 1 aliphatic carbocycles. The molecule has 2 aliphatic rings. The third-order valence-electron chi connectivity index (χ3n) is 7.05. The Kier molecular flexibility index (Phi) is 9.16. The van der Waals surface area contributed by atoms with E-state index in [1.807, 2.05) is 18.2 Å². The number of benzene rings is 2. The van der Waals surface area contributed by atoms with Crippen molar-refractivity contribution < 1.29 is 24.1 Å². The number of aliphatic hydroxyl groups excluding tert-OH is 1. The summed E-state index contributed by atoms with van der Waals surface area (Å²) in [6.45, 7) is 6.55. The number of hydrogen-bond donors (Lipinski definition) is 4. The third kappa shape index (κ3) is 7.49. The first kappa shape index (κ1) is 27.5. The first-order valence-electron chi connectivity index (χ1n) is 13.1. The van der Waals surface area contributed by atoms with Crippen molar-refractivity contribution in [1.29, 1.82) is 0 Å². The fraction of sp³-hybridized carbons (Fsp3) is 0.536. The van der Waals surface area contributed by atoms with E-state index >= 15 is 0 Å². The van der Waals surface area contributed by atoms with Gasteiger partial charge in [0.05, 0.1) is 23.5 Å². The Morgan fingerprint density at radius 1 is 1.11 bits per heavy atom. The normalized spacial score (nSPS) is 17.9. The number of halogens is 2. The van der Waals surface area contributed by atoms with Gasteiger partial charge in [0, 0.05) is 30.8 Å². The Labute approximate surface area is 223 Å². The monoisotopic (exact) mass is 533 g/mol. The number of nitrogens with zero attached hydrogens (tertiary/aromatic N) is 1. The van der Waals surface area contributed by atoms with Gasteiger partial charge in [-0.25, -0.2) is 4.39 Å². The second-order valence-corrected chi connectivity index (χ2v) is 11.0. The largest absolute Gasteiger partial charge is 0.481 e. The van der Waals surface area contributed by atoms with E-state index in [1.165, 1.54) is 12.1 Å². The lowest BCUT2D eigenvalue weighted by Crippen LogP contribution is -2.42. The highest BCUT2D eigenvalue weighted by Gasteiger charge is 2.34. The number of hydrogen-bond acceptors (Lipinski definition) is 6. The number of rotatable bonds is 12. The van der Waals surface area contributed by atoms with E-state index in [0.29, 0.717) is 30.7 Å². The summed E-state index contributed by atoms with van der Waals surface area (Å²) in [6.07, 6.45) is 2.60. The van der Waals surface area contributed by atoms with Gasteiger partial charge in [-0.2, -0.15) is 0 Å². The minimum absolute atomic E-state index is 0.0654. The molecule has 0 bridgehead atoms. The predicted molar refractivity (Wildman–Crippen MR) is 145 cm³/mol. The van der Waals surface area contributed by atoms with Gasteiger partial charge >= 0.3 is 5.97 Å². The first-order chi connectivity index (χ1) is 17.7. The lowest BCUT2D eigenvalue weighted by Gasteiger charge is -2.39. The van der Waals surface area contributed by atoms with Gasteiger partial charge in [0.1, 0.15) is 5.82 Å². The summed E-state index contributed by atoms with van der Waals surface area (Å²) in [5.41, 5.74) is 2.64. The zero-order chi connectivity index (χ0) is 26.5. The van der Waals surface area contributed by atoms with Crippen LogP contribution in [0.5, 0.6) is 0 Å². The van der Waals surface area contributed by atoms with Gasteiger partial charge in [0.15, 0.2) is 0 Å². The highest BCUT2D eigenvalue weighted by molar-refractivity contribution is 6.30. The number of carboxylic acid groups (broad SMARTS) is 1. The third-order valence-corrected chi connectivity index (χ3v) is 7.29. The molecule has 2 unspecified atom stereocenters. The molecule has 7 nitrogen and oxygen atoms in total. The van der Waals surface area contributed by atoms with E-state index in [1.54, 1.807) is 6.07 Å². The molecule has 202 valence electrons. The second-order valence-electron chi connectivity index (χ2n) is 10.5. The Morgan fingerprint density at radius 2 is 1.81 bits per heavy atom. The zero-order valence-corrected chi connectivity index (χ0v) is 22.2. The highest BCUT2D eigenvalue weighted by Crippen LogP contribution is 2.46. The molecule has 2 atom stereocenters. The Morgan fingerprint density at radius 3 is 2.43 bits per heavy atom. The van der Waals surface area contributed by atoms with Gasteiger partial charge in [0.2, 0.25) is 6.35 Å². The molecule has 4 N–H and O–H groups in total. The van der Waals surface area contributed by atoms with Crippen LogP contribution in [0.15, 0.2) is 36.4 Å². The Hall–Kier alpha value is -2.55. The van der Waals surface area contributed by atoms with Gasteiger partial charge in [-0.15, -0.1) is 0 Å². The van der Waals surface area contributed by atoms with Crippen molar-refractivity contribution in [2.75, 3.05) is 35.3 Å². The molecule has 1 saturated heterocycles. The summed E-state index contributed by atoms with van der Waals surface area (Å²) in [4.78, 5) is 14.0. The van der Waals surface area contributed by atoms with E-state index in [-0.39, 0.29) is 29.1 Å². The number of anilines is 3. The van der Waals surface area contributed by atoms with Gasteiger partial charge in [-0.3, -0.25) is 4.79 Å². The topological polar surface area (TPSA) is 94.1 Å². The van der Waals surface area contributed by atoms with E-state index in [2.05, 4.69) is 29.4 Å². The van der Waals surface area contributed by atoms with Crippen molar-refractivity contribution >= 4 is 34.6 Å². The highest BCUT2D eigenvalue weighted by atomic mass is 35.5. The molecule has 4 rings (SSSR count). The Bertz CT molecular complexity index is 1080. The van der Waals surface area contributed by atoms with Crippen LogP contribution in [0.2, 0.25) is 5.02 Å². The minimum Gasteiger partial charge on any atom is -0.481 e. The fourth-order valence-corrected chi connectivity index (χ4v) is 5.32. The van der Waals surface area contributed by atoms with Crippen LogP contribution in [0.25, 0.3) is 0 Å². The predicted octanol–water partition coefficient (Wildman–Crippen LogP) is 5.89. The number of aliphatic carboxylic acids is 1. The number of ether oxygens (including phenoxy) is 1. The van der Waals surface area contributed by atoms with Crippen LogP contribution in [0.3, 0.4) is 0 Å². The molecule has 0 aromatic heterocycles. The second kappa shape index (κ2) is 12.3. The molecule has 1 heterocycles. The van der Waals surface area contributed by atoms with Crippen LogP contribution in [-0.4, -0.2) is 48.3 Å². The summed E-state index contributed by atoms with van der Waals surface area (Å²) in [5, 5.41) is 26.6. The maximum Gasteiger partial charge on any atom is 0.303 e. The zero-order valence-electron chi connectivity index (χ0n) is 21.4. The van der Waals surface area contributed by atoms with Crippen LogP contribution >= 0.6 is 11.6 Å². The van der Waals surface area contributed by atoms with Crippen molar-refractivity contribution in [2.24, 2.45) is 11.8 Å². The van der Waals surface area contributed by atoms with Crippen LogP contribution < -0.4 is 15.5 Å². The van der Waals surface area contributed by atoms with Crippen LogP contribution in [0.4, 0.5) is 21.5 Å². The van der Waals surface area contributed by atoms with Gasteiger partial charge in [-0.1, -0.05) is 31.5 Å². The summed E-state index contributed by atoms with van der Waals surface area (Å²) in [7, 11) is 0. The Balaban J connectivity index is 1.67. The first-order valence-corrected chi connectivity index (χ1v) is 13.5. The number of carbonyl (C=O) groups is 1. The molecular formula is C28H37ClFN3O4. The molecule has 1 saturated carbocycles. The lowest BCUT2D eigenvalue weighted by atomic mass is 9.90. The molecular weight excluding hydrogens is 497 g/mol. The molecule has 0 amide bonds. The molecule has 2 fully saturated rings. The molecule has 2 aromatic rings. The summed E-state index contributed by atoms with van der Waals surface area (Å²) in [6, 6.07) is 10.5. The van der Waals surface area contributed by atoms with E-state index in [9.17, 15) is 19.4 Å².